The standard InChI is InChI=1S/C13H26N2O4/c1-9(2)6-10(11(16)17)7-14-12(18)15-13(3,4)8-19-5/h9-10H,6-8H2,1-5H3,(H,16,17)(H2,14,15,18). The molecular formula is C13H26N2O4. The molecule has 19 heavy (non-hydrogen) atoms. The first-order valence-electron chi connectivity index (χ1n) is 6.45. The Morgan fingerprint density at radius 2 is 1.89 bits per heavy atom. The number of rotatable bonds is 8. The molecule has 0 aliphatic heterocycles. The second-order valence-corrected chi connectivity index (χ2v) is 5.82. The maximum absolute atomic E-state index is 11.7. The molecule has 3 N–H and O–H groups in total. The molecule has 2 amide bonds. The maximum atomic E-state index is 11.7. The van der Waals surface area contributed by atoms with Crippen molar-refractivity contribution in [2.24, 2.45) is 11.8 Å². The minimum atomic E-state index is -0.884. The van der Waals surface area contributed by atoms with Crippen LogP contribution in [0.4, 0.5) is 4.79 Å². The molecule has 0 saturated carbocycles. The van der Waals surface area contributed by atoms with Crippen LogP contribution >= 0.6 is 0 Å². The molecule has 1 unspecified atom stereocenters. The number of amides is 2. The van der Waals surface area contributed by atoms with Gasteiger partial charge in [0.2, 0.25) is 0 Å². The van der Waals surface area contributed by atoms with E-state index in [1.165, 1.54) is 0 Å². The third-order valence-electron chi connectivity index (χ3n) is 2.57. The molecule has 0 aromatic rings. The number of carbonyl (C=O) groups excluding carboxylic acids is 1. The Hall–Kier alpha value is -1.30. The molecule has 0 bridgehead atoms. The fraction of sp³-hybridized carbons (Fsp3) is 0.846. The number of carboxylic acid groups (broad SMARTS) is 1. The fourth-order valence-corrected chi connectivity index (χ4v) is 1.80. The zero-order chi connectivity index (χ0) is 15.1. The van der Waals surface area contributed by atoms with Gasteiger partial charge in [-0.25, -0.2) is 4.79 Å². The van der Waals surface area contributed by atoms with Crippen molar-refractivity contribution < 1.29 is 19.4 Å². The largest absolute Gasteiger partial charge is 0.481 e. The van der Waals surface area contributed by atoms with Gasteiger partial charge < -0.3 is 20.5 Å². The summed E-state index contributed by atoms with van der Waals surface area (Å²) >= 11 is 0. The van der Waals surface area contributed by atoms with E-state index < -0.39 is 17.4 Å². The van der Waals surface area contributed by atoms with Crippen LogP contribution in [0.2, 0.25) is 0 Å². The van der Waals surface area contributed by atoms with E-state index in [0.29, 0.717) is 13.0 Å². The van der Waals surface area contributed by atoms with Gasteiger partial charge in [0, 0.05) is 13.7 Å². The molecule has 0 aromatic heterocycles. The van der Waals surface area contributed by atoms with Crippen LogP contribution in [-0.2, 0) is 9.53 Å². The monoisotopic (exact) mass is 274 g/mol. The van der Waals surface area contributed by atoms with Gasteiger partial charge in [0.1, 0.15) is 0 Å². The van der Waals surface area contributed by atoms with Crippen molar-refractivity contribution in [3.8, 4) is 0 Å². The minimum Gasteiger partial charge on any atom is -0.481 e. The highest BCUT2D eigenvalue weighted by Crippen LogP contribution is 2.11. The maximum Gasteiger partial charge on any atom is 0.315 e. The lowest BCUT2D eigenvalue weighted by molar-refractivity contribution is -0.142. The molecule has 0 aliphatic carbocycles. The molecule has 0 fully saturated rings. The highest BCUT2D eigenvalue weighted by Gasteiger charge is 2.23. The number of hydrogen-bond acceptors (Lipinski definition) is 3. The third kappa shape index (κ3) is 8.42. The van der Waals surface area contributed by atoms with Crippen LogP contribution < -0.4 is 10.6 Å². The second-order valence-electron chi connectivity index (χ2n) is 5.82. The average molecular weight is 274 g/mol. The first-order valence-corrected chi connectivity index (χ1v) is 6.45. The van der Waals surface area contributed by atoms with E-state index in [0.717, 1.165) is 0 Å². The molecule has 112 valence electrons. The van der Waals surface area contributed by atoms with Gasteiger partial charge in [0.15, 0.2) is 0 Å². The van der Waals surface area contributed by atoms with Crippen molar-refractivity contribution in [1.29, 1.82) is 0 Å². The van der Waals surface area contributed by atoms with Gasteiger partial charge in [-0.2, -0.15) is 0 Å². The molecule has 0 spiro atoms. The summed E-state index contributed by atoms with van der Waals surface area (Å²) in [4.78, 5) is 22.7. The summed E-state index contributed by atoms with van der Waals surface area (Å²) < 4.78 is 4.99. The van der Waals surface area contributed by atoms with Crippen LogP contribution in [0.25, 0.3) is 0 Å². The lowest BCUT2D eigenvalue weighted by Crippen LogP contribution is -2.52. The number of nitrogens with one attached hydrogen (secondary N) is 2. The first-order chi connectivity index (χ1) is 8.68. The Labute approximate surface area is 114 Å². The molecule has 1 atom stereocenters. The third-order valence-corrected chi connectivity index (χ3v) is 2.57. The van der Waals surface area contributed by atoms with E-state index >= 15 is 0 Å². The van der Waals surface area contributed by atoms with Crippen molar-refractivity contribution in [3.63, 3.8) is 0 Å². The van der Waals surface area contributed by atoms with Crippen molar-refractivity contribution in [1.82, 2.24) is 10.6 Å². The van der Waals surface area contributed by atoms with Crippen LogP contribution in [0.5, 0.6) is 0 Å². The Bertz CT molecular complexity index is 303. The lowest BCUT2D eigenvalue weighted by Gasteiger charge is -2.26. The van der Waals surface area contributed by atoms with Crippen molar-refractivity contribution in [2.75, 3.05) is 20.3 Å². The minimum absolute atomic E-state index is 0.127. The second kappa shape index (κ2) is 7.99. The number of urea groups is 1. The number of carbonyl (C=O) groups is 2. The normalized spacial score (nSPS) is 13.2. The van der Waals surface area contributed by atoms with Crippen LogP contribution in [0, 0.1) is 11.8 Å². The molecule has 0 rings (SSSR count). The number of methoxy groups -OCH3 is 1. The number of hydrogen-bond donors (Lipinski definition) is 3. The average Bonchev–Trinajstić information content (AvgIpc) is 2.22. The Balaban J connectivity index is 4.22. The van der Waals surface area contributed by atoms with Crippen LogP contribution in [0.3, 0.4) is 0 Å². The summed E-state index contributed by atoms with van der Waals surface area (Å²) in [5.41, 5.74) is -0.490. The van der Waals surface area contributed by atoms with Crippen LogP contribution in [0.1, 0.15) is 34.1 Å². The van der Waals surface area contributed by atoms with Gasteiger partial charge in [-0.15, -0.1) is 0 Å². The molecule has 0 aliphatic rings. The van der Waals surface area contributed by atoms with Crippen molar-refractivity contribution in [3.05, 3.63) is 0 Å². The van der Waals surface area contributed by atoms with E-state index in [9.17, 15) is 9.59 Å². The van der Waals surface area contributed by atoms with E-state index in [-0.39, 0.29) is 18.5 Å². The number of ether oxygens (including phenoxy) is 1. The van der Waals surface area contributed by atoms with Gasteiger partial charge in [-0.1, -0.05) is 13.8 Å². The quantitative estimate of drug-likeness (QED) is 0.625. The van der Waals surface area contributed by atoms with Gasteiger partial charge in [-0.3, -0.25) is 4.79 Å². The molecular weight excluding hydrogens is 248 g/mol. The zero-order valence-corrected chi connectivity index (χ0v) is 12.4. The van der Waals surface area contributed by atoms with Crippen molar-refractivity contribution >= 4 is 12.0 Å². The Morgan fingerprint density at radius 3 is 2.32 bits per heavy atom. The SMILES string of the molecule is COCC(C)(C)NC(=O)NCC(CC(C)C)C(=O)O. The number of carboxylic acids is 1. The number of aliphatic carboxylic acids is 1. The highest BCUT2D eigenvalue weighted by molar-refractivity contribution is 5.76. The van der Waals surface area contributed by atoms with E-state index in [2.05, 4.69) is 10.6 Å². The molecule has 0 heterocycles. The van der Waals surface area contributed by atoms with Crippen LogP contribution in [0.15, 0.2) is 0 Å². The van der Waals surface area contributed by atoms with Gasteiger partial charge in [0.25, 0.3) is 0 Å². The van der Waals surface area contributed by atoms with E-state index in [4.69, 9.17) is 9.84 Å². The Morgan fingerprint density at radius 1 is 1.32 bits per heavy atom. The van der Waals surface area contributed by atoms with Gasteiger partial charge >= 0.3 is 12.0 Å². The van der Waals surface area contributed by atoms with Crippen molar-refractivity contribution in [2.45, 2.75) is 39.7 Å². The molecule has 6 nitrogen and oxygen atoms in total. The first kappa shape index (κ1) is 17.7. The summed E-state index contributed by atoms with van der Waals surface area (Å²) in [6.45, 7) is 8.09. The molecule has 0 radical (unpaired) electrons. The lowest BCUT2D eigenvalue weighted by atomic mass is 9.97. The fourth-order valence-electron chi connectivity index (χ4n) is 1.80. The van der Waals surface area contributed by atoms with Gasteiger partial charge in [0.05, 0.1) is 18.1 Å². The summed E-state index contributed by atoms with van der Waals surface area (Å²) in [5.74, 6) is -1.17. The van der Waals surface area contributed by atoms with E-state index in [1.54, 1.807) is 7.11 Å². The van der Waals surface area contributed by atoms with E-state index in [1.807, 2.05) is 27.7 Å². The summed E-state index contributed by atoms with van der Waals surface area (Å²) in [7, 11) is 1.56. The summed E-state index contributed by atoms with van der Waals surface area (Å²) in [5, 5.41) is 14.4. The van der Waals surface area contributed by atoms with Gasteiger partial charge in [-0.05, 0) is 26.2 Å². The molecule has 0 aromatic carbocycles. The molecule has 0 saturated heterocycles. The summed E-state index contributed by atoms with van der Waals surface area (Å²) in [6, 6.07) is -0.378. The predicted octanol–water partition coefficient (Wildman–Crippen LogP) is 1.46. The zero-order valence-electron chi connectivity index (χ0n) is 12.4. The highest BCUT2D eigenvalue weighted by atomic mass is 16.5. The predicted molar refractivity (Wildman–Crippen MR) is 73.1 cm³/mol. The topological polar surface area (TPSA) is 87.7 Å². The van der Waals surface area contributed by atoms with Crippen LogP contribution in [-0.4, -0.2) is 42.9 Å². The summed E-state index contributed by atoms with van der Waals surface area (Å²) in [6.07, 6.45) is 0.539. The smallest absolute Gasteiger partial charge is 0.315 e. The molecule has 6 heteroatoms. The Kier molecular flexibility index (Phi) is 7.44.